The van der Waals surface area contributed by atoms with Gasteiger partial charge in [0, 0.05) is 19.4 Å². The molecule has 10 heteroatoms. The third kappa shape index (κ3) is 36.6. The molecule has 2 atom stereocenters. The number of hydrogen-bond donors (Lipinski definition) is 2. The number of carbonyl (C=O) groups excluding carboxylic acids is 2. The lowest BCUT2D eigenvalue weighted by atomic mass is 10.0. The van der Waals surface area contributed by atoms with Gasteiger partial charge in [-0.2, -0.15) is 0 Å². The zero-order valence-electron chi connectivity index (χ0n) is 31.9. The molecule has 9 nitrogen and oxygen atoms in total. The number of nitrogens with two attached hydrogens (primary N) is 1. The van der Waals surface area contributed by atoms with Crippen molar-refractivity contribution in [2.45, 2.75) is 213 Å². The van der Waals surface area contributed by atoms with Crippen molar-refractivity contribution >= 4 is 19.8 Å². The standard InChI is InChI=1S/C39H78NO8P/c1-3-5-7-9-11-13-15-17-18-19-20-22-24-26-28-30-32-39(42)48-37(36-47-49(43,44)46-34-33-40)35-45-38(41)31-29-27-25-23-21-16-14-12-10-8-6-4-2/h37H,3-36,40H2,1-2H3,(H,43,44)/t37-/m1/s1. The highest BCUT2D eigenvalue weighted by Gasteiger charge is 2.26. The minimum absolute atomic E-state index is 0.0579. The lowest BCUT2D eigenvalue weighted by Crippen LogP contribution is -2.29. The van der Waals surface area contributed by atoms with E-state index in [0.717, 1.165) is 32.1 Å². The molecule has 0 aliphatic heterocycles. The number of phosphoric ester groups is 1. The molecule has 1 unspecified atom stereocenters. The van der Waals surface area contributed by atoms with Gasteiger partial charge >= 0.3 is 19.8 Å². The molecule has 0 rings (SSSR count). The summed E-state index contributed by atoms with van der Waals surface area (Å²) in [6.07, 6.45) is 34.1. The van der Waals surface area contributed by atoms with Gasteiger partial charge < -0.3 is 20.1 Å². The molecule has 0 amide bonds. The van der Waals surface area contributed by atoms with Gasteiger partial charge in [-0.05, 0) is 12.8 Å². The Balaban J connectivity index is 4.13. The Bertz CT molecular complexity index is 784. The predicted molar refractivity (Wildman–Crippen MR) is 201 cm³/mol. The quantitative estimate of drug-likeness (QED) is 0.0361. The molecule has 0 heterocycles. The summed E-state index contributed by atoms with van der Waals surface area (Å²) < 4.78 is 32.7. The van der Waals surface area contributed by atoms with Crippen LogP contribution in [-0.2, 0) is 32.7 Å². The van der Waals surface area contributed by atoms with Gasteiger partial charge in [-0.3, -0.25) is 18.6 Å². The summed E-state index contributed by atoms with van der Waals surface area (Å²) in [5, 5.41) is 0. The average Bonchev–Trinajstić information content (AvgIpc) is 3.08. The van der Waals surface area contributed by atoms with E-state index in [0.29, 0.717) is 6.42 Å². The molecule has 0 aromatic heterocycles. The summed E-state index contributed by atoms with van der Waals surface area (Å²) >= 11 is 0. The third-order valence-electron chi connectivity index (χ3n) is 8.99. The van der Waals surface area contributed by atoms with Crippen molar-refractivity contribution in [1.82, 2.24) is 0 Å². The monoisotopic (exact) mass is 720 g/mol. The largest absolute Gasteiger partial charge is 0.472 e. The SMILES string of the molecule is CCCCCCCCCCCCCCCCCCC(=O)O[C@H](COC(=O)CCCCCCCCCCCCCC)COP(=O)(O)OCCN. The highest BCUT2D eigenvalue weighted by atomic mass is 31.2. The van der Waals surface area contributed by atoms with Gasteiger partial charge in [0.05, 0.1) is 13.2 Å². The van der Waals surface area contributed by atoms with E-state index < -0.39 is 26.5 Å². The van der Waals surface area contributed by atoms with Crippen LogP contribution in [0.5, 0.6) is 0 Å². The molecule has 0 aromatic carbocycles. The van der Waals surface area contributed by atoms with Gasteiger partial charge in [0.25, 0.3) is 0 Å². The highest BCUT2D eigenvalue weighted by molar-refractivity contribution is 7.47. The highest BCUT2D eigenvalue weighted by Crippen LogP contribution is 2.43. The summed E-state index contributed by atoms with van der Waals surface area (Å²) in [5.74, 6) is -0.816. The molecule has 0 aliphatic rings. The van der Waals surface area contributed by atoms with E-state index in [1.54, 1.807) is 0 Å². The number of ether oxygens (including phenoxy) is 2. The van der Waals surface area contributed by atoms with Gasteiger partial charge in [0.2, 0.25) is 0 Å². The fourth-order valence-corrected chi connectivity index (χ4v) is 6.69. The Kier molecular flexibility index (Phi) is 36.0. The maximum absolute atomic E-state index is 12.5. The van der Waals surface area contributed by atoms with E-state index in [1.807, 2.05) is 0 Å². The van der Waals surface area contributed by atoms with E-state index in [4.69, 9.17) is 24.3 Å². The summed E-state index contributed by atoms with van der Waals surface area (Å²) in [4.78, 5) is 34.7. The predicted octanol–water partition coefficient (Wildman–Crippen LogP) is 11.3. The molecule has 0 radical (unpaired) electrons. The minimum Gasteiger partial charge on any atom is -0.462 e. The van der Waals surface area contributed by atoms with Crippen LogP contribution in [0.15, 0.2) is 0 Å². The fraction of sp³-hybridized carbons (Fsp3) is 0.949. The van der Waals surface area contributed by atoms with E-state index in [-0.39, 0.29) is 38.6 Å². The minimum atomic E-state index is -4.36. The maximum atomic E-state index is 12.5. The van der Waals surface area contributed by atoms with Crippen molar-refractivity contribution < 1.29 is 37.6 Å². The van der Waals surface area contributed by atoms with E-state index in [9.17, 15) is 19.0 Å². The molecule has 0 aliphatic carbocycles. The normalized spacial score (nSPS) is 13.3. The molecule has 0 saturated heterocycles. The lowest BCUT2D eigenvalue weighted by Gasteiger charge is -2.19. The van der Waals surface area contributed by atoms with Gasteiger partial charge in [-0.15, -0.1) is 0 Å². The van der Waals surface area contributed by atoms with Crippen LogP contribution in [0.25, 0.3) is 0 Å². The van der Waals surface area contributed by atoms with Crippen LogP contribution in [-0.4, -0.2) is 49.3 Å². The van der Waals surface area contributed by atoms with Gasteiger partial charge in [-0.1, -0.05) is 181 Å². The molecule has 0 bridgehead atoms. The lowest BCUT2D eigenvalue weighted by molar-refractivity contribution is -0.161. The van der Waals surface area contributed by atoms with Crippen LogP contribution in [0.4, 0.5) is 0 Å². The molecule has 0 spiro atoms. The molecule has 292 valence electrons. The second-order valence-corrected chi connectivity index (χ2v) is 15.3. The van der Waals surface area contributed by atoms with E-state index >= 15 is 0 Å². The first kappa shape index (κ1) is 48.0. The Morgan fingerprint density at radius 3 is 1.24 bits per heavy atom. The zero-order chi connectivity index (χ0) is 36.1. The summed E-state index contributed by atoms with van der Waals surface area (Å²) in [6, 6.07) is 0. The van der Waals surface area contributed by atoms with Crippen molar-refractivity contribution in [2.24, 2.45) is 5.73 Å². The second kappa shape index (κ2) is 36.8. The van der Waals surface area contributed by atoms with Crippen molar-refractivity contribution in [2.75, 3.05) is 26.4 Å². The average molecular weight is 720 g/mol. The van der Waals surface area contributed by atoms with Crippen LogP contribution in [0, 0.1) is 0 Å². The first-order chi connectivity index (χ1) is 23.8. The Morgan fingerprint density at radius 2 is 0.878 bits per heavy atom. The summed E-state index contributed by atoms with van der Waals surface area (Å²) in [7, 11) is -4.36. The smallest absolute Gasteiger partial charge is 0.462 e. The maximum Gasteiger partial charge on any atom is 0.472 e. The van der Waals surface area contributed by atoms with Crippen LogP contribution in [0.2, 0.25) is 0 Å². The Hall–Kier alpha value is -0.990. The van der Waals surface area contributed by atoms with Crippen LogP contribution >= 0.6 is 7.82 Å². The number of esters is 2. The zero-order valence-corrected chi connectivity index (χ0v) is 32.8. The topological polar surface area (TPSA) is 134 Å². The molecular weight excluding hydrogens is 641 g/mol. The van der Waals surface area contributed by atoms with Crippen molar-refractivity contribution in [3.63, 3.8) is 0 Å². The molecule has 0 fully saturated rings. The van der Waals surface area contributed by atoms with Gasteiger partial charge in [0.1, 0.15) is 6.61 Å². The second-order valence-electron chi connectivity index (χ2n) is 13.9. The number of phosphoric acid groups is 1. The molecule has 0 aromatic rings. The van der Waals surface area contributed by atoms with Gasteiger partial charge in [-0.25, -0.2) is 4.57 Å². The van der Waals surface area contributed by atoms with Crippen LogP contribution in [0.1, 0.15) is 206 Å². The molecular formula is C39H78NO8P. The Labute approximate surface area is 301 Å². The molecule has 49 heavy (non-hydrogen) atoms. The number of carbonyl (C=O) groups is 2. The first-order valence-electron chi connectivity index (χ1n) is 20.5. The van der Waals surface area contributed by atoms with Gasteiger partial charge in [0.15, 0.2) is 6.10 Å². The molecule has 0 saturated carbocycles. The van der Waals surface area contributed by atoms with Crippen molar-refractivity contribution in [3.8, 4) is 0 Å². The van der Waals surface area contributed by atoms with Crippen LogP contribution < -0.4 is 5.73 Å². The van der Waals surface area contributed by atoms with Crippen molar-refractivity contribution in [1.29, 1.82) is 0 Å². The fourth-order valence-electron chi connectivity index (χ4n) is 5.93. The number of hydrogen-bond acceptors (Lipinski definition) is 8. The van der Waals surface area contributed by atoms with E-state index in [2.05, 4.69) is 13.8 Å². The van der Waals surface area contributed by atoms with E-state index in [1.165, 1.54) is 141 Å². The first-order valence-corrected chi connectivity index (χ1v) is 22.0. The summed E-state index contributed by atoms with van der Waals surface area (Å²) in [6.45, 7) is 3.75. The Morgan fingerprint density at radius 1 is 0.531 bits per heavy atom. The molecule has 3 N–H and O–H groups in total. The number of unbranched alkanes of at least 4 members (excludes halogenated alkanes) is 26. The van der Waals surface area contributed by atoms with Crippen molar-refractivity contribution in [3.05, 3.63) is 0 Å². The third-order valence-corrected chi connectivity index (χ3v) is 9.98. The summed E-state index contributed by atoms with van der Waals surface area (Å²) in [5.41, 5.74) is 5.34. The number of rotatable bonds is 39. The van der Waals surface area contributed by atoms with Crippen LogP contribution in [0.3, 0.4) is 0 Å².